The Morgan fingerprint density at radius 1 is 1.21 bits per heavy atom. The van der Waals surface area contributed by atoms with Crippen LogP contribution in [-0.4, -0.2) is 5.16 Å². The summed E-state index contributed by atoms with van der Waals surface area (Å²) < 4.78 is 27.9. The van der Waals surface area contributed by atoms with E-state index in [1.54, 1.807) is 0 Å². The minimum atomic E-state index is -0.697. The van der Waals surface area contributed by atoms with Crippen molar-refractivity contribution in [2.75, 3.05) is 0 Å². The highest BCUT2D eigenvalue weighted by molar-refractivity contribution is 7.78. The molecule has 1 atom stereocenters. The zero-order valence-corrected chi connectivity index (χ0v) is 15.1. The van der Waals surface area contributed by atoms with E-state index in [4.69, 9.17) is 0 Å². The fraction of sp³-hybridized carbons (Fsp3) is 0.550. The Bertz CT molecular complexity index is 652. The Morgan fingerprint density at radius 3 is 2.38 bits per heavy atom. The molecule has 0 spiro atoms. The molecule has 2 rings (SSSR count). The van der Waals surface area contributed by atoms with Gasteiger partial charge in [-0.2, -0.15) is 4.99 Å². The summed E-state index contributed by atoms with van der Waals surface area (Å²) in [6.07, 6.45) is 6.87. The van der Waals surface area contributed by atoms with E-state index >= 15 is 0 Å². The van der Waals surface area contributed by atoms with Crippen molar-refractivity contribution in [1.82, 2.24) is 0 Å². The second-order valence-corrected chi connectivity index (χ2v) is 6.91. The first kappa shape index (κ1) is 18.8. The molecular formula is C20H23F2NS. The van der Waals surface area contributed by atoms with Gasteiger partial charge in [0, 0.05) is 18.1 Å². The number of halogens is 2. The summed E-state index contributed by atoms with van der Waals surface area (Å²) >= 11 is 4.44. The third-order valence-corrected chi connectivity index (χ3v) is 4.97. The molecule has 1 aliphatic rings. The lowest BCUT2D eigenvalue weighted by molar-refractivity contribution is 0.267. The van der Waals surface area contributed by atoms with Gasteiger partial charge in [0.2, 0.25) is 0 Å². The average Bonchev–Trinajstić information content (AvgIpc) is 2.55. The van der Waals surface area contributed by atoms with Gasteiger partial charge in [-0.1, -0.05) is 32.1 Å². The van der Waals surface area contributed by atoms with Gasteiger partial charge in [-0.25, -0.2) is 8.78 Å². The van der Waals surface area contributed by atoms with E-state index in [2.05, 4.69) is 48.1 Å². The predicted octanol–water partition coefficient (Wildman–Crippen LogP) is 6.29. The Balaban J connectivity index is 2.00. The number of rotatable bonds is 4. The largest absolute Gasteiger partial charge is 0.205 e. The molecule has 1 unspecified atom stereocenters. The summed E-state index contributed by atoms with van der Waals surface area (Å²) in [5, 5.41) is 2.10. The normalized spacial score (nSPS) is 21.3. The van der Waals surface area contributed by atoms with Gasteiger partial charge in [0.25, 0.3) is 0 Å². The van der Waals surface area contributed by atoms with Crippen LogP contribution in [0.25, 0.3) is 0 Å². The Hall–Kier alpha value is -1.56. The van der Waals surface area contributed by atoms with Crippen LogP contribution in [0.5, 0.6) is 0 Å². The number of aliphatic imine (C=N–C) groups is 1. The van der Waals surface area contributed by atoms with Gasteiger partial charge in [0.15, 0.2) is 0 Å². The lowest BCUT2D eigenvalue weighted by atomic mass is 9.78. The topological polar surface area (TPSA) is 12.4 Å². The third-order valence-electron chi connectivity index (χ3n) is 4.88. The van der Waals surface area contributed by atoms with E-state index in [-0.39, 0.29) is 17.2 Å². The molecule has 0 N–H and O–H groups in total. The molecule has 1 nitrogen and oxygen atoms in total. The Kier molecular flexibility index (Phi) is 7.09. The highest BCUT2D eigenvalue weighted by atomic mass is 32.1. The minimum Gasteiger partial charge on any atom is -0.205 e. The molecule has 0 heterocycles. The lowest BCUT2D eigenvalue weighted by Gasteiger charge is -2.27. The highest BCUT2D eigenvalue weighted by Gasteiger charge is 2.21. The first-order valence-corrected chi connectivity index (χ1v) is 9.02. The SMILES string of the molecule is CCC(C)CC1CCC(C#Cc2c(F)cc(N=C=S)cc2F)CC1. The van der Waals surface area contributed by atoms with Gasteiger partial charge in [0.1, 0.15) is 11.6 Å². The maximum Gasteiger partial charge on any atom is 0.143 e. The van der Waals surface area contributed by atoms with Crippen molar-refractivity contribution in [3.63, 3.8) is 0 Å². The van der Waals surface area contributed by atoms with Gasteiger partial charge in [-0.15, -0.1) is 0 Å². The van der Waals surface area contributed by atoms with Crippen LogP contribution in [-0.2, 0) is 0 Å². The quantitative estimate of drug-likeness (QED) is 0.354. The van der Waals surface area contributed by atoms with Gasteiger partial charge in [0.05, 0.1) is 16.4 Å². The first-order valence-electron chi connectivity index (χ1n) is 8.61. The zero-order chi connectivity index (χ0) is 17.5. The monoisotopic (exact) mass is 347 g/mol. The van der Waals surface area contributed by atoms with Crippen LogP contribution in [0, 0.1) is 41.2 Å². The zero-order valence-electron chi connectivity index (χ0n) is 14.2. The molecule has 1 aromatic rings. The summed E-state index contributed by atoms with van der Waals surface area (Å²) in [6, 6.07) is 2.27. The number of isothiocyanates is 1. The number of nitrogens with zero attached hydrogens (tertiary/aromatic N) is 1. The number of benzene rings is 1. The van der Waals surface area contributed by atoms with Gasteiger partial charge in [-0.3, -0.25) is 0 Å². The molecule has 0 saturated heterocycles. The molecule has 0 radical (unpaired) electrons. The van der Waals surface area contributed by atoms with Crippen molar-refractivity contribution in [2.45, 2.75) is 52.4 Å². The molecule has 0 bridgehead atoms. The van der Waals surface area contributed by atoms with E-state index in [9.17, 15) is 8.78 Å². The lowest BCUT2D eigenvalue weighted by Crippen LogP contribution is -2.15. The van der Waals surface area contributed by atoms with Crippen LogP contribution in [0.3, 0.4) is 0 Å². The van der Waals surface area contributed by atoms with E-state index in [1.165, 1.54) is 12.8 Å². The van der Waals surface area contributed by atoms with Gasteiger partial charge < -0.3 is 0 Å². The molecule has 1 aromatic carbocycles. The van der Waals surface area contributed by atoms with Crippen LogP contribution in [0.4, 0.5) is 14.5 Å². The molecule has 0 amide bonds. The van der Waals surface area contributed by atoms with Crippen LogP contribution in [0.15, 0.2) is 17.1 Å². The second-order valence-electron chi connectivity index (χ2n) is 6.72. The van der Waals surface area contributed by atoms with Crippen molar-refractivity contribution >= 4 is 23.1 Å². The highest BCUT2D eigenvalue weighted by Crippen LogP contribution is 2.33. The van der Waals surface area contributed by atoms with Crippen molar-refractivity contribution in [3.8, 4) is 11.8 Å². The van der Waals surface area contributed by atoms with Crippen molar-refractivity contribution in [2.24, 2.45) is 22.7 Å². The Labute approximate surface area is 148 Å². The number of thiocarbonyl (C=S) groups is 1. The molecule has 24 heavy (non-hydrogen) atoms. The third kappa shape index (κ3) is 5.23. The fourth-order valence-corrected chi connectivity index (χ4v) is 3.35. The number of hydrogen-bond donors (Lipinski definition) is 0. The molecule has 1 aliphatic carbocycles. The molecule has 128 valence electrons. The number of hydrogen-bond acceptors (Lipinski definition) is 2. The van der Waals surface area contributed by atoms with Crippen molar-refractivity contribution in [3.05, 3.63) is 29.3 Å². The van der Waals surface area contributed by atoms with E-state index < -0.39 is 11.6 Å². The summed E-state index contributed by atoms with van der Waals surface area (Å²) in [7, 11) is 0. The summed E-state index contributed by atoms with van der Waals surface area (Å²) in [5.41, 5.74) is -0.0591. The van der Waals surface area contributed by atoms with E-state index in [0.717, 1.165) is 49.7 Å². The molecule has 0 aliphatic heterocycles. The Morgan fingerprint density at radius 2 is 1.83 bits per heavy atom. The summed E-state index contributed by atoms with van der Waals surface area (Å²) in [5.74, 6) is 6.15. The van der Waals surface area contributed by atoms with Crippen LogP contribution in [0.1, 0.15) is 57.9 Å². The van der Waals surface area contributed by atoms with Gasteiger partial charge >= 0.3 is 0 Å². The smallest absolute Gasteiger partial charge is 0.143 e. The molecular weight excluding hydrogens is 324 g/mol. The predicted molar refractivity (Wildman–Crippen MR) is 97.4 cm³/mol. The molecule has 1 saturated carbocycles. The summed E-state index contributed by atoms with van der Waals surface area (Å²) in [4.78, 5) is 3.59. The standard InChI is InChI=1S/C20H23F2NS/c1-3-14(2)10-16-6-4-15(5-7-16)8-9-18-19(21)11-17(23-13-24)12-20(18)22/h11-12,14-16H,3-7,10H2,1-2H3. The van der Waals surface area contributed by atoms with Crippen molar-refractivity contribution < 1.29 is 8.78 Å². The van der Waals surface area contributed by atoms with Crippen LogP contribution in [0.2, 0.25) is 0 Å². The summed E-state index contributed by atoms with van der Waals surface area (Å²) in [6.45, 7) is 4.53. The second kappa shape index (κ2) is 9.06. The maximum absolute atomic E-state index is 14.0. The van der Waals surface area contributed by atoms with E-state index in [1.807, 2.05) is 0 Å². The van der Waals surface area contributed by atoms with Crippen LogP contribution >= 0.6 is 12.2 Å². The van der Waals surface area contributed by atoms with Crippen molar-refractivity contribution in [1.29, 1.82) is 0 Å². The minimum absolute atomic E-state index is 0.121. The van der Waals surface area contributed by atoms with E-state index in [0.29, 0.717) is 0 Å². The molecule has 0 aromatic heterocycles. The van der Waals surface area contributed by atoms with Gasteiger partial charge in [-0.05, 0) is 56.2 Å². The first-order chi connectivity index (χ1) is 11.5. The fourth-order valence-electron chi connectivity index (χ4n) is 3.25. The molecule has 1 fully saturated rings. The maximum atomic E-state index is 14.0. The molecule has 4 heteroatoms. The van der Waals surface area contributed by atoms with Crippen LogP contribution < -0.4 is 0 Å². The average molecular weight is 347 g/mol.